The van der Waals surface area contributed by atoms with Crippen LogP contribution in [0.5, 0.6) is 0 Å². The summed E-state index contributed by atoms with van der Waals surface area (Å²) in [6.45, 7) is -0.180. The number of carbonyl (C=O) groups excluding carboxylic acids is 1. The molecule has 3 rings (SSSR count). The van der Waals surface area contributed by atoms with E-state index in [0.717, 1.165) is 10.7 Å². The van der Waals surface area contributed by atoms with Crippen LogP contribution in [0.25, 0.3) is 0 Å². The lowest BCUT2D eigenvalue weighted by Crippen LogP contribution is -2.14. The molecule has 0 aliphatic rings. The molecule has 6 nitrogen and oxygen atoms in total. The van der Waals surface area contributed by atoms with Crippen LogP contribution in [-0.4, -0.2) is 26.0 Å². The third kappa shape index (κ3) is 4.90. The molecule has 0 aliphatic carbocycles. The Hall–Kier alpha value is -2.98. The molecular weight excluding hydrogens is 416 g/mol. The molecule has 1 heterocycles. The number of benzene rings is 2. The minimum atomic E-state index is -4.68. The second-order valence-corrected chi connectivity index (χ2v) is 6.42. The summed E-state index contributed by atoms with van der Waals surface area (Å²) < 4.78 is 53.6. The van der Waals surface area contributed by atoms with Crippen molar-refractivity contribution in [3.63, 3.8) is 0 Å². The fourth-order valence-electron chi connectivity index (χ4n) is 2.53. The van der Waals surface area contributed by atoms with Gasteiger partial charge >= 0.3 is 6.18 Å². The van der Waals surface area contributed by atoms with Crippen molar-refractivity contribution >= 4 is 23.2 Å². The molecule has 29 heavy (non-hydrogen) atoms. The van der Waals surface area contributed by atoms with E-state index < -0.39 is 34.6 Å². The van der Waals surface area contributed by atoms with Crippen LogP contribution in [0.2, 0.25) is 5.02 Å². The van der Waals surface area contributed by atoms with Gasteiger partial charge in [-0.1, -0.05) is 35.0 Å². The second kappa shape index (κ2) is 8.18. The maximum Gasteiger partial charge on any atom is 0.417 e. The number of aliphatic hydroxyl groups excluding tert-OH is 1. The molecule has 1 aromatic heterocycles. The summed E-state index contributed by atoms with van der Waals surface area (Å²) in [6, 6.07) is 8.56. The number of halogens is 5. The number of anilines is 1. The standard InChI is InChI=1S/C18H13ClF4N4O2/c19-13-6-5-10(7-12(13)18(21,22)23)24-17(29)15-8-27(26-25-15)9-16(28)11-3-1-2-4-14(11)20/h1-8,16,28H,9H2,(H,24,29). The topological polar surface area (TPSA) is 80.0 Å². The van der Waals surface area contributed by atoms with Crippen LogP contribution in [0.3, 0.4) is 0 Å². The van der Waals surface area contributed by atoms with Gasteiger partial charge in [-0.25, -0.2) is 9.07 Å². The molecule has 1 unspecified atom stereocenters. The summed E-state index contributed by atoms with van der Waals surface area (Å²) in [5.74, 6) is -1.41. The van der Waals surface area contributed by atoms with Gasteiger partial charge in [-0.2, -0.15) is 13.2 Å². The summed E-state index contributed by atoms with van der Waals surface area (Å²) in [4.78, 5) is 12.2. The summed E-state index contributed by atoms with van der Waals surface area (Å²) in [6.07, 6.45) is -4.73. The Bertz CT molecular complexity index is 1040. The predicted molar refractivity (Wildman–Crippen MR) is 95.8 cm³/mol. The Kier molecular flexibility index (Phi) is 5.85. The van der Waals surface area contributed by atoms with E-state index in [1.165, 1.54) is 30.5 Å². The molecule has 0 spiro atoms. The lowest BCUT2D eigenvalue weighted by Gasteiger charge is -2.11. The van der Waals surface area contributed by atoms with Crippen LogP contribution in [0.15, 0.2) is 48.7 Å². The Morgan fingerprint density at radius 3 is 2.66 bits per heavy atom. The first kappa shape index (κ1) is 20.7. The van der Waals surface area contributed by atoms with Crippen LogP contribution >= 0.6 is 11.6 Å². The van der Waals surface area contributed by atoms with Gasteiger partial charge in [-0.15, -0.1) is 5.10 Å². The number of nitrogens with zero attached hydrogens (tertiary/aromatic N) is 3. The molecule has 0 saturated heterocycles. The molecule has 3 aromatic rings. The van der Waals surface area contributed by atoms with Gasteiger partial charge in [-0.05, 0) is 24.3 Å². The molecular formula is C18H13ClF4N4O2. The highest BCUT2D eigenvalue weighted by Gasteiger charge is 2.33. The van der Waals surface area contributed by atoms with E-state index >= 15 is 0 Å². The first-order valence-electron chi connectivity index (χ1n) is 8.16. The van der Waals surface area contributed by atoms with E-state index in [0.29, 0.717) is 6.07 Å². The van der Waals surface area contributed by atoms with Gasteiger partial charge < -0.3 is 10.4 Å². The van der Waals surface area contributed by atoms with Crippen molar-refractivity contribution in [1.82, 2.24) is 15.0 Å². The highest BCUT2D eigenvalue weighted by molar-refractivity contribution is 6.31. The number of nitrogens with one attached hydrogen (secondary N) is 1. The molecule has 0 bridgehead atoms. The Balaban J connectivity index is 1.71. The van der Waals surface area contributed by atoms with Gasteiger partial charge in [-0.3, -0.25) is 4.79 Å². The molecule has 0 radical (unpaired) electrons. The van der Waals surface area contributed by atoms with Crippen molar-refractivity contribution in [2.24, 2.45) is 0 Å². The molecule has 2 N–H and O–H groups in total. The van der Waals surface area contributed by atoms with Gasteiger partial charge in [0.25, 0.3) is 5.91 Å². The lowest BCUT2D eigenvalue weighted by molar-refractivity contribution is -0.137. The van der Waals surface area contributed by atoms with Crippen molar-refractivity contribution in [2.45, 2.75) is 18.8 Å². The first-order chi connectivity index (χ1) is 13.6. The normalized spacial score (nSPS) is 12.6. The van der Waals surface area contributed by atoms with Crippen molar-refractivity contribution in [3.05, 3.63) is 76.3 Å². The highest BCUT2D eigenvalue weighted by Crippen LogP contribution is 2.36. The third-order valence-electron chi connectivity index (χ3n) is 3.93. The largest absolute Gasteiger partial charge is 0.417 e. The van der Waals surface area contributed by atoms with Gasteiger partial charge in [0.2, 0.25) is 0 Å². The van der Waals surface area contributed by atoms with Crippen LogP contribution in [0, 0.1) is 5.82 Å². The first-order valence-corrected chi connectivity index (χ1v) is 8.53. The van der Waals surface area contributed by atoms with Crippen molar-refractivity contribution in [3.8, 4) is 0 Å². The Labute approximate surface area is 166 Å². The van der Waals surface area contributed by atoms with E-state index in [1.54, 1.807) is 6.07 Å². The van der Waals surface area contributed by atoms with Crippen LogP contribution in [0.1, 0.15) is 27.7 Å². The fourth-order valence-corrected chi connectivity index (χ4v) is 2.75. The Morgan fingerprint density at radius 2 is 1.97 bits per heavy atom. The molecule has 0 fully saturated rings. The van der Waals surface area contributed by atoms with Crippen LogP contribution in [-0.2, 0) is 12.7 Å². The number of rotatable bonds is 5. The summed E-state index contributed by atoms with van der Waals surface area (Å²) >= 11 is 5.54. The molecule has 1 atom stereocenters. The number of alkyl halides is 3. The minimum absolute atomic E-state index is 0.0508. The van der Waals surface area contributed by atoms with Gasteiger partial charge in [0.05, 0.1) is 23.3 Å². The molecule has 0 aliphatic heterocycles. The van der Waals surface area contributed by atoms with Crippen LogP contribution < -0.4 is 5.32 Å². The molecule has 11 heteroatoms. The number of aromatic nitrogens is 3. The number of aliphatic hydroxyl groups is 1. The number of carbonyl (C=O) groups is 1. The maximum atomic E-state index is 13.7. The predicted octanol–water partition coefficient (Wildman–Crippen LogP) is 4.08. The zero-order valence-corrected chi connectivity index (χ0v) is 15.2. The quantitative estimate of drug-likeness (QED) is 0.600. The number of hydrogen-bond acceptors (Lipinski definition) is 4. The summed E-state index contributed by atoms with van der Waals surface area (Å²) in [5.41, 5.74) is -1.37. The second-order valence-electron chi connectivity index (χ2n) is 6.01. The zero-order chi connectivity index (χ0) is 21.2. The van der Waals surface area contributed by atoms with E-state index in [4.69, 9.17) is 11.6 Å². The minimum Gasteiger partial charge on any atom is -0.386 e. The monoisotopic (exact) mass is 428 g/mol. The SMILES string of the molecule is O=C(Nc1ccc(Cl)c(C(F)(F)F)c1)c1cn(CC(O)c2ccccc2F)nn1. The van der Waals surface area contributed by atoms with Crippen molar-refractivity contribution < 1.29 is 27.5 Å². The highest BCUT2D eigenvalue weighted by atomic mass is 35.5. The zero-order valence-electron chi connectivity index (χ0n) is 14.5. The van der Waals surface area contributed by atoms with E-state index in [-0.39, 0.29) is 23.5 Å². The van der Waals surface area contributed by atoms with Gasteiger partial charge in [0.15, 0.2) is 5.69 Å². The Morgan fingerprint density at radius 1 is 1.24 bits per heavy atom. The summed E-state index contributed by atoms with van der Waals surface area (Å²) in [5, 5.41) is 19.2. The number of amides is 1. The molecule has 152 valence electrons. The van der Waals surface area contributed by atoms with Crippen molar-refractivity contribution in [1.29, 1.82) is 0 Å². The van der Waals surface area contributed by atoms with Gasteiger partial charge in [0, 0.05) is 11.3 Å². The fraction of sp³-hybridized carbons (Fsp3) is 0.167. The van der Waals surface area contributed by atoms with E-state index in [9.17, 15) is 27.5 Å². The van der Waals surface area contributed by atoms with Gasteiger partial charge in [0.1, 0.15) is 11.9 Å². The van der Waals surface area contributed by atoms with Crippen LogP contribution in [0.4, 0.5) is 23.2 Å². The summed E-state index contributed by atoms with van der Waals surface area (Å²) in [7, 11) is 0. The molecule has 1 amide bonds. The molecule has 0 saturated carbocycles. The number of hydrogen-bond donors (Lipinski definition) is 2. The average Bonchev–Trinajstić information content (AvgIpc) is 3.11. The lowest BCUT2D eigenvalue weighted by atomic mass is 10.1. The third-order valence-corrected chi connectivity index (χ3v) is 4.25. The molecule has 2 aromatic carbocycles. The maximum absolute atomic E-state index is 13.7. The van der Waals surface area contributed by atoms with Crippen molar-refractivity contribution in [2.75, 3.05) is 5.32 Å². The van der Waals surface area contributed by atoms with E-state index in [1.807, 2.05) is 0 Å². The average molecular weight is 429 g/mol. The van der Waals surface area contributed by atoms with E-state index in [2.05, 4.69) is 15.6 Å². The smallest absolute Gasteiger partial charge is 0.386 e.